The maximum absolute atomic E-state index is 12.4. The number of phenolic OH excluding ortho intramolecular Hbond substituents is 1. The first-order chi connectivity index (χ1) is 13.6. The number of hydrogen-bond donors (Lipinski definition) is 4. The van der Waals surface area contributed by atoms with Gasteiger partial charge in [0.1, 0.15) is 11.5 Å². The number of carbonyl (C=O) groups excluding carboxylic acids is 1. The molecule has 3 aromatic rings. The van der Waals surface area contributed by atoms with Crippen LogP contribution in [0.4, 0.5) is 5.69 Å². The highest BCUT2D eigenvalue weighted by Crippen LogP contribution is 2.27. The van der Waals surface area contributed by atoms with Crippen LogP contribution in [0, 0.1) is 6.92 Å². The minimum absolute atomic E-state index is 0.0838. The molecule has 144 valence electrons. The molecule has 0 aliphatic heterocycles. The smallest absolute Gasteiger partial charge is 0.288 e. The third-order valence-corrected chi connectivity index (χ3v) is 4.09. The van der Waals surface area contributed by atoms with Gasteiger partial charge in [-0.3, -0.25) is 9.78 Å². The molecule has 2 aromatic carbocycles. The number of aromatic nitrogens is 1. The van der Waals surface area contributed by atoms with Crippen LogP contribution in [0.2, 0.25) is 0 Å². The molecule has 3 rings (SSSR count). The number of benzene rings is 2. The van der Waals surface area contributed by atoms with Crippen LogP contribution >= 0.6 is 0 Å². The lowest BCUT2D eigenvalue weighted by Gasteiger charge is -2.12. The Morgan fingerprint density at radius 1 is 1.29 bits per heavy atom. The fourth-order valence-electron chi connectivity index (χ4n) is 2.59. The van der Waals surface area contributed by atoms with E-state index in [4.69, 9.17) is 10.5 Å². The highest BCUT2D eigenvalue weighted by molar-refractivity contribution is 5.93. The van der Waals surface area contributed by atoms with Gasteiger partial charge < -0.3 is 26.2 Å². The molecule has 0 spiro atoms. The highest BCUT2D eigenvalue weighted by Gasteiger charge is 2.13. The highest BCUT2D eigenvalue weighted by atomic mass is 16.5. The second-order valence-electron chi connectivity index (χ2n) is 6.15. The normalized spacial score (nSPS) is 11.3. The zero-order valence-corrected chi connectivity index (χ0v) is 15.5. The summed E-state index contributed by atoms with van der Waals surface area (Å²) >= 11 is 0. The van der Waals surface area contributed by atoms with Crippen molar-refractivity contribution in [3.05, 3.63) is 72.4 Å². The largest absolute Gasteiger partial charge is 0.507 e. The Hall–Kier alpha value is -3.58. The van der Waals surface area contributed by atoms with Crippen molar-refractivity contribution in [1.29, 1.82) is 0 Å². The van der Waals surface area contributed by atoms with Crippen molar-refractivity contribution in [2.24, 2.45) is 5.73 Å². The number of ether oxygens (including phenoxy) is 1. The van der Waals surface area contributed by atoms with Crippen LogP contribution in [0.5, 0.6) is 11.5 Å². The van der Waals surface area contributed by atoms with E-state index in [9.17, 15) is 9.90 Å². The van der Waals surface area contributed by atoms with Gasteiger partial charge in [-0.2, -0.15) is 0 Å². The van der Waals surface area contributed by atoms with E-state index in [1.807, 2.05) is 25.1 Å². The Bertz CT molecular complexity index is 1020. The number of rotatable bonds is 7. The van der Waals surface area contributed by atoms with Gasteiger partial charge in [-0.15, -0.1) is 0 Å². The molecule has 0 fully saturated rings. The minimum Gasteiger partial charge on any atom is -0.507 e. The molecule has 0 saturated carbocycles. The van der Waals surface area contributed by atoms with Crippen LogP contribution in [0.15, 0.2) is 66.8 Å². The molecule has 0 atom stereocenters. The first-order valence-electron chi connectivity index (χ1n) is 8.83. The third kappa shape index (κ3) is 4.57. The average Bonchev–Trinajstić information content (AvgIpc) is 2.70. The summed E-state index contributed by atoms with van der Waals surface area (Å²) in [6, 6.07) is 12.6. The number of fused-ring (bicyclic) bond motifs is 1. The molecular formula is C21H22N4O3. The maximum atomic E-state index is 12.4. The van der Waals surface area contributed by atoms with Crippen molar-refractivity contribution in [1.82, 2.24) is 10.3 Å². The van der Waals surface area contributed by atoms with Gasteiger partial charge in [0, 0.05) is 30.4 Å². The topological polar surface area (TPSA) is 109 Å². The summed E-state index contributed by atoms with van der Waals surface area (Å²) in [6.07, 6.45) is 4.70. The number of phenols is 1. The zero-order valence-electron chi connectivity index (χ0n) is 15.5. The molecule has 0 aliphatic rings. The number of pyridine rings is 1. The van der Waals surface area contributed by atoms with Crippen LogP contribution in [0.3, 0.4) is 0 Å². The number of hydrogen-bond acceptors (Lipinski definition) is 6. The zero-order chi connectivity index (χ0) is 19.9. The van der Waals surface area contributed by atoms with Crippen LogP contribution in [-0.4, -0.2) is 29.1 Å². The Morgan fingerprint density at radius 3 is 2.93 bits per heavy atom. The number of nitrogens with one attached hydrogen (secondary N) is 2. The second kappa shape index (κ2) is 8.88. The Labute approximate surface area is 162 Å². The number of carbonyl (C=O) groups is 1. The summed E-state index contributed by atoms with van der Waals surface area (Å²) in [6.45, 7) is 2.53. The first kappa shape index (κ1) is 19.2. The minimum atomic E-state index is -0.389. The number of anilines is 1. The Balaban J connectivity index is 1.85. The molecule has 0 aliphatic carbocycles. The van der Waals surface area contributed by atoms with Crippen LogP contribution in [0.25, 0.3) is 10.8 Å². The van der Waals surface area contributed by atoms with E-state index in [0.29, 0.717) is 18.8 Å². The van der Waals surface area contributed by atoms with E-state index in [2.05, 4.69) is 15.6 Å². The van der Waals surface area contributed by atoms with Crippen LogP contribution in [0.1, 0.15) is 5.56 Å². The van der Waals surface area contributed by atoms with E-state index in [0.717, 1.165) is 22.0 Å². The van der Waals surface area contributed by atoms with Gasteiger partial charge in [-0.05, 0) is 48.2 Å². The molecule has 1 amide bonds. The predicted molar refractivity (Wildman–Crippen MR) is 109 cm³/mol. The van der Waals surface area contributed by atoms with Gasteiger partial charge in [0.15, 0.2) is 0 Å². The Morgan fingerprint density at radius 2 is 2.14 bits per heavy atom. The predicted octanol–water partition coefficient (Wildman–Crippen LogP) is 2.66. The average molecular weight is 378 g/mol. The summed E-state index contributed by atoms with van der Waals surface area (Å²) < 4.78 is 5.78. The molecular weight excluding hydrogens is 356 g/mol. The molecule has 1 aromatic heterocycles. The lowest BCUT2D eigenvalue weighted by atomic mass is 10.1. The van der Waals surface area contributed by atoms with Gasteiger partial charge in [-0.25, -0.2) is 0 Å². The number of nitrogens with zero attached hydrogens (tertiary/aromatic N) is 1. The second-order valence-corrected chi connectivity index (χ2v) is 6.15. The summed E-state index contributed by atoms with van der Waals surface area (Å²) in [4.78, 5) is 16.5. The van der Waals surface area contributed by atoms with Crippen molar-refractivity contribution in [2.75, 3.05) is 18.4 Å². The lowest BCUT2D eigenvalue weighted by Crippen LogP contribution is -2.32. The molecule has 28 heavy (non-hydrogen) atoms. The summed E-state index contributed by atoms with van der Waals surface area (Å²) in [7, 11) is 0. The van der Waals surface area contributed by atoms with Crippen LogP contribution in [-0.2, 0) is 4.79 Å². The number of nitrogens with two attached hydrogens (primary N) is 1. The van der Waals surface area contributed by atoms with Gasteiger partial charge in [0.2, 0.25) is 5.76 Å². The fourth-order valence-corrected chi connectivity index (χ4v) is 2.59. The van der Waals surface area contributed by atoms with Gasteiger partial charge in [0.05, 0.1) is 12.4 Å². The SMILES string of the molecule is Cc1ccncc1O/C(=C/Nc1ccc2c(O)cccc2c1)C(=O)NCCN. The molecule has 0 radical (unpaired) electrons. The molecule has 0 saturated heterocycles. The molecule has 0 bridgehead atoms. The lowest BCUT2D eigenvalue weighted by molar-refractivity contribution is -0.119. The first-order valence-corrected chi connectivity index (χ1v) is 8.83. The molecule has 0 unspecified atom stereocenters. The summed E-state index contributed by atoms with van der Waals surface area (Å²) in [5.41, 5.74) is 7.06. The Kier molecular flexibility index (Phi) is 6.08. The van der Waals surface area contributed by atoms with E-state index < -0.39 is 0 Å². The van der Waals surface area contributed by atoms with Gasteiger partial charge >= 0.3 is 0 Å². The molecule has 7 heteroatoms. The quantitative estimate of drug-likeness (QED) is 0.372. The van der Waals surface area contributed by atoms with Gasteiger partial charge in [-0.1, -0.05) is 12.1 Å². The third-order valence-electron chi connectivity index (χ3n) is 4.09. The number of aryl methyl sites for hydroxylation is 1. The molecule has 5 N–H and O–H groups in total. The summed E-state index contributed by atoms with van der Waals surface area (Å²) in [5.74, 6) is 0.402. The standard InChI is InChI=1S/C21H22N4O3/c1-14-7-9-23-12-19(14)28-20(21(27)24-10-8-22)13-25-16-5-6-17-15(11-16)3-2-4-18(17)26/h2-7,9,11-13,25-26H,8,10,22H2,1H3,(H,24,27)/b20-13+. The van der Waals surface area contributed by atoms with E-state index in [1.165, 1.54) is 6.20 Å². The van der Waals surface area contributed by atoms with E-state index >= 15 is 0 Å². The molecule has 7 nitrogen and oxygen atoms in total. The maximum Gasteiger partial charge on any atom is 0.288 e. The van der Waals surface area contributed by atoms with Crippen molar-refractivity contribution in [3.63, 3.8) is 0 Å². The van der Waals surface area contributed by atoms with Crippen molar-refractivity contribution in [3.8, 4) is 11.5 Å². The summed E-state index contributed by atoms with van der Waals surface area (Å²) in [5, 5.41) is 17.3. The van der Waals surface area contributed by atoms with E-state index in [1.54, 1.807) is 36.7 Å². The number of amides is 1. The van der Waals surface area contributed by atoms with Crippen LogP contribution < -0.4 is 21.1 Å². The fraction of sp³-hybridized carbons (Fsp3) is 0.143. The monoisotopic (exact) mass is 378 g/mol. The van der Waals surface area contributed by atoms with Crippen molar-refractivity contribution >= 4 is 22.4 Å². The van der Waals surface area contributed by atoms with E-state index in [-0.39, 0.29) is 17.4 Å². The van der Waals surface area contributed by atoms with Gasteiger partial charge in [0.25, 0.3) is 5.91 Å². The van der Waals surface area contributed by atoms with Crippen molar-refractivity contribution in [2.45, 2.75) is 6.92 Å². The molecule has 1 heterocycles. The number of aromatic hydroxyl groups is 1. The van der Waals surface area contributed by atoms with Crippen molar-refractivity contribution < 1.29 is 14.6 Å².